The van der Waals surface area contributed by atoms with Gasteiger partial charge in [-0.25, -0.2) is 9.78 Å². The molecule has 1 saturated carbocycles. The Balaban J connectivity index is 1.82. The summed E-state index contributed by atoms with van der Waals surface area (Å²) in [6, 6.07) is 0.550. The van der Waals surface area contributed by atoms with Gasteiger partial charge in [0.1, 0.15) is 11.4 Å². The Labute approximate surface area is 138 Å². The zero-order chi connectivity index (χ0) is 17.0. The van der Waals surface area contributed by atoms with Crippen molar-refractivity contribution >= 4 is 6.09 Å². The quantitative estimate of drug-likeness (QED) is 0.887. The van der Waals surface area contributed by atoms with Crippen LogP contribution in [0.3, 0.4) is 0 Å². The predicted molar refractivity (Wildman–Crippen MR) is 88.2 cm³/mol. The number of aryl methyl sites for hydroxylation is 1. The number of nitrogens with one attached hydrogen (secondary N) is 2. The van der Waals surface area contributed by atoms with Crippen LogP contribution >= 0.6 is 0 Å². The molecule has 130 valence electrons. The topological polar surface area (TPSA) is 76.4 Å². The van der Waals surface area contributed by atoms with Gasteiger partial charge in [-0.2, -0.15) is 0 Å². The maximum Gasteiger partial charge on any atom is 0.407 e. The average molecular weight is 323 g/mol. The van der Waals surface area contributed by atoms with Crippen LogP contribution in [0.1, 0.15) is 71.1 Å². The molecule has 0 bridgehead atoms. The number of hydrogen-bond acceptors (Lipinski definition) is 5. The average Bonchev–Trinajstić information content (AvgIpc) is 2.83. The third kappa shape index (κ3) is 5.86. The van der Waals surface area contributed by atoms with Crippen LogP contribution in [0.5, 0.6) is 0 Å². The Kier molecular flexibility index (Phi) is 5.68. The van der Waals surface area contributed by atoms with E-state index in [0.29, 0.717) is 11.9 Å². The SMILES string of the molecule is Cc1cnc(C(C)NC2CCCC(NC(=O)OC(C)(C)C)C2)o1. The minimum atomic E-state index is -0.465. The summed E-state index contributed by atoms with van der Waals surface area (Å²) in [7, 11) is 0. The summed E-state index contributed by atoms with van der Waals surface area (Å²) in [6.45, 7) is 9.56. The predicted octanol–water partition coefficient (Wildman–Crippen LogP) is 3.47. The number of carbonyl (C=O) groups is 1. The number of aromatic nitrogens is 1. The molecule has 0 radical (unpaired) electrons. The molecule has 0 aliphatic heterocycles. The maximum atomic E-state index is 11.9. The van der Waals surface area contributed by atoms with Crippen LogP contribution in [0.2, 0.25) is 0 Å². The molecule has 3 atom stereocenters. The molecule has 1 fully saturated rings. The molecule has 1 aliphatic carbocycles. The van der Waals surface area contributed by atoms with Crippen LogP contribution in [0.15, 0.2) is 10.6 Å². The second-order valence-electron chi connectivity index (χ2n) is 7.40. The van der Waals surface area contributed by atoms with Crippen LogP contribution < -0.4 is 10.6 Å². The van der Waals surface area contributed by atoms with Crippen molar-refractivity contribution in [3.63, 3.8) is 0 Å². The first-order valence-corrected chi connectivity index (χ1v) is 8.41. The minimum Gasteiger partial charge on any atom is -0.444 e. The van der Waals surface area contributed by atoms with Crippen molar-refractivity contribution in [2.45, 2.75) is 84.0 Å². The number of oxazole rings is 1. The van der Waals surface area contributed by atoms with E-state index in [1.807, 2.05) is 27.7 Å². The normalized spacial score (nSPS) is 23.3. The van der Waals surface area contributed by atoms with Gasteiger partial charge in [0.15, 0.2) is 0 Å². The minimum absolute atomic E-state index is 0.0639. The third-order valence-electron chi connectivity index (χ3n) is 3.89. The lowest BCUT2D eigenvalue weighted by atomic mass is 9.90. The molecule has 2 N–H and O–H groups in total. The van der Waals surface area contributed by atoms with Gasteiger partial charge in [-0.1, -0.05) is 0 Å². The zero-order valence-electron chi connectivity index (χ0n) is 14.8. The Morgan fingerprint density at radius 3 is 2.70 bits per heavy atom. The number of alkyl carbamates (subject to hydrolysis) is 1. The summed E-state index contributed by atoms with van der Waals surface area (Å²) in [5, 5.41) is 6.53. The van der Waals surface area contributed by atoms with Gasteiger partial charge in [0.2, 0.25) is 5.89 Å². The first-order chi connectivity index (χ1) is 10.7. The lowest BCUT2D eigenvalue weighted by Crippen LogP contribution is -2.46. The number of nitrogens with zero attached hydrogens (tertiary/aromatic N) is 1. The van der Waals surface area contributed by atoms with Gasteiger partial charge in [-0.05, 0) is 60.3 Å². The van der Waals surface area contributed by atoms with Gasteiger partial charge in [-0.3, -0.25) is 0 Å². The van der Waals surface area contributed by atoms with E-state index >= 15 is 0 Å². The summed E-state index contributed by atoms with van der Waals surface area (Å²) < 4.78 is 10.9. The van der Waals surface area contributed by atoms with E-state index in [1.165, 1.54) is 0 Å². The standard InChI is InChI=1S/C17H29N3O3/c1-11-10-18-15(22-11)12(2)19-13-7-6-8-14(9-13)20-16(21)23-17(3,4)5/h10,12-14,19H,6-9H2,1-5H3,(H,20,21). The van der Waals surface area contributed by atoms with Crippen molar-refractivity contribution < 1.29 is 13.9 Å². The van der Waals surface area contributed by atoms with Gasteiger partial charge >= 0.3 is 6.09 Å². The number of amides is 1. The maximum absolute atomic E-state index is 11.9. The van der Waals surface area contributed by atoms with Gasteiger partial charge in [-0.15, -0.1) is 0 Å². The van der Waals surface area contributed by atoms with Crippen molar-refractivity contribution in [1.82, 2.24) is 15.6 Å². The van der Waals surface area contributed by atoms with Crippen molar-refractivity contribution in [3.8, 4) is 0 Å². The lowest BCUT2D eigenvalue weighted by Gasteiger charge is -2.32. The highest BCUT2D eigenvalue weighted by Crippen LogP contribution is 2.22. The fourth-order valence-electron chi connectivity index (χ4n) is 2.94. The van der Waals surface area contributed by atoms with Crippen molar-refractivity contribution in [2.75, 3.05) is 0 Å². The van der Waals surface area contributed by atoms with Gasteiger partial charge in [0.25, 0.3) is 0 Å². The summed E-state index contributed by atoms with van der Waals surface area (Å²) in [6.07, 6.45) is 5.46. The van der Waals surface area contributed by atoms with E-state index in [1.54, 1.807) is 6.20 Å². The summed E-state index contributed by atoms with van der Waals surface area (Å²) in [5.41, 5.74) is -0.465. The lowest BCUT2D eigenvalue weighted by molar-refractivity contribution is 0.0487. The molecule has 0 aromatic carbocycles. The molecule has 0 saturated heterocycles. The van der Waals surface area contributed by atoms with Crippen molar-refractivity contribution in [1.29, 1.82) is 0 Å². The summed E-state index contributed by atoms with van der Waals surface area (Å²) in [4.78, 5) is 16.2. The molecule has 1 aromatic heterocycles. The summed E-state index contributed by atoms with van der Waals surface area (Å²) >= 11 is 0. The van der Waals surface area contributed by atoms with Crippen LogP contribution in [0, 0.1) is 6.92 Å². The highest BCUT2D eigenvalue weighted by molar-refractivity contribution is 5.68. The number of rotatable bonds is 4. The number of hydrogen-bond donors (Lipinski definition) is 2. The van der Waals surface area contributed by atoms with Crippen LogP contribution in [0.25, 0.3) is 0 Å². The van der Waals surface area contributed by atoms with Gasteiger partial charge in [0.05, 0.1) is 12.2 Å². The fraction of sp³-hybridized carbons (Fsp3) is 0.765. The second kappa shape index (κ2) is 7.34. The van der Waals surface area contributed by atoms with Crippen molar-refractivity contribution in [3.05, 3.63) is 17.8 Å². The molecule has 1 aliphatic rings. The monoisotopic (exact) mass is 323 g/mol. The molecule has 23 heavy (non-hydrogen) atoms. The first-order valence-electron chi connectivity index (χ1n) is 8.41. The molecular formula is C17H29N3O3. The molecule has 1 heterocycles. The van der Waals surface area contributed by atoms with Crippen LogP contribution in [0.4, 0.5) is 4.79 Å². The third-order valence-corrected chi connectivity index (χ3v) is 3.89. The van der Waals surface area contributed by atoms with Crippen LogP contribution in [-0.4, -0.2) is 28.8 Å². The molecule has 6 heteroatoms. The molecule has 0 spiro atoms. The molecule has 6 nitrogen and oxygen atoms in total. The van der Waals surface area contributed by atoms with E-state index in [0.717, 1.165) is 31.4 Å². The Hall–Kier alpha value is -1.56. The van der Waals surface area contributed by atoms with Crippen LogP contribution in [-0.2, 0) is 4.74 Å². The largest absolute Gasteiger partial charge is 0.444 e. The highest BCUT2D eigenvalue weighted by Gasteiger charge is 2.27. The van der Waals surface area contributed by atoms with E-state index in [-0.39, 0.29) is 18.2 Å². The smallest absolute Gasteiger partial charge is 0.407 e. The van der Waals surface area contributed by atoms with E-state index < -0.39 is 5.60 Å². The number of ether oxygens (including phenoxy) is 1. The Morgan fingerprint density at radius 1 is 1.39 bits per heavy atom. The number of carbonyl (C=O) groups excluding carboxylic acids is 1. The van der Waals surface area contributed by atoms with E-state index in [4.69, 9.17) is 9.15 Å². The molecule has 3 unspecified atom stereocenters. The van der Waals surface area contributed by atoms with Gasteiger partial charge in [0, 0.05) is 12.1 Å². The zero-order valence-corrected chi connectivity index (χ0v) is 14.8. The Bertz CT molecular complexity index is 521. The van der Waals surface area contributed by atoms with E-state index in [2.05, 4.69) is 22.5 Å². The molecule has 1 aromatic rings. The molecular weight excluding hydrogens is 294 g/mol. The second-order valence-corrected chi connectivity index (χ2v) is 7.40. The molecule has 2 rings (SSSR count). The first kappa shape index (κ1) is 17.8. The highest BCUT2D eigenvalue weighted by atomic mass is 16.6. The van der Waals surface area contributed by atoms with Gasteiger partial charge < -0.3 is 19.8 Å². The Morgan fingerprint density at radius 2 is 2.09 bits per heavy atom. The summed E-state index contributed by atoms with van der Waals surface area (Å²) in [5.74, 6) is 1.53. The van der Waals surface area contributed by atoms with E-state index in [9.17, 15) is 4.79 Å². The van der Waals surface area contributed by atoms with Crippen molar-refractivity contribution in [2.24, 2.45) is 0 Å². The molecule has 1 amide bonds. The fourth-order valence-corrected chi connectivity index (χ4v) is 2.94.